The summed E-state index contributed by atoms with van der Waals surface area (Å²) in [4.78, 5) is 11.9. The molecule has 4 heteroatoms. The summed E-state index contributed by atoms with van der Waals surface area (Å²) in [6.07, 6.45) is 1.44. The van der Waals surface area contributed by atoms with Gasteiger partial charge in [0.25, 0.3) is 0 Å². The summed E-state index contributed by atoms with van der Waals surface area (Å²) in [5.41, 5.74) is 3.09. The Kier molecular flexibility index (Phi) is 5.83. The van der Waals surface area contributed by atoms with Crippen LogP contribution in [-0.4, -0.2) is 19.6 Å². The third kappa shape index (κ3) is 4.81. The van der Waals surface area contributed by atoms with Gasteiger partial charge < -0.3 is 15.4 Å². The number of rotatable bonds is 7. The van der Waals surface area contributed by atoms with E-state index in [0.717, 1.165) is 23.5 Å². The Morgan fingerprint density at radius 3 is 2.55 bits per heavy atom. The minimum atomic E-state index is -0.0223. The van der Waals surface area contributed by atoms with E-state index in [1.165, 1.54) is 5.56 Å². The predicted molar refractivity (Wildman–Crippen MR) is 90.6 cm³/mol. The van der Waals surface area contributed by atoms with Gasteiger partial charge in [0.2, 0.25) is 5.91 Å². The normalized spacial score (nSPS) is 10.1. The van der Waals surface area contributed by atoms with Crippen LogP contribution >= 0.6 is 0 Å². The molecule has 0 fully saturated rings. The predicted octanol–water partition coefficient (Wildman–Crippen LogP) is 3.70. The van der Waals surface area contributed by atoms with Crippen molar-refractivity contribution < 1.29 is 9.53 Å². The van der Waals surface area contributed by atoms with Crippen molar-refractivity contribution in [2.45, 2.75) is 19.8 Å². The molecule has 1 amide bonds. The Labute approximate surface area is 131 Å². The summed E-state index contributed by atoms with van der Waals surface area (Å²) < 4.78 is 5.13. The molecule has 0 spiro atoms. The van der Waals surface area contributed by atoms with Crippen LogP contribution < -0.4 is 15.4 Å². The molecule has 116 valence electrons. The lowest BCUT2D eigenvalue weighted by atomic mass is 10.1. The van der Waals surface area contributed by atoms with Crippen LogP contribution in [0.1, 0.15) is 18.9 Å². The van der Waals surface area contributed by atoms with Crippen molar-refractivity contribution in [3.63, 3.8) is 0 Å². The lowest BCUT2D eigenvalue weighted by molar-refractivity contribution is -0.115. The number of amides is 1. The van der Waals surface area contributed by atoms with Crippen LogP contribution in [0, 0.1) is 0 Å². The zero-order valence-corrected chi connectivity index (χ0v) is 13.1. The summed E-state index contributed by atoms with van der Waals surface area (Å²) in [7, 11) is 1.61. The molecule has 2 rings (SSSR count). The van der Waals surface area contributed by atoms with Gasteiger partial charge in [-0.2, -0.15) is 0 Å². The molecule has 0 aliphatic carbocycles. The fourth-order valence-electron chi connectivity index (χ4n) is 2.10. The van der Waals surface area contributed by atoms with E-state index < -0.39 is 0 Å². The first-order valence-corrected chi connectivity index (χ1v) is 7.48. The van der Waals surface area contributed by atoms with E-state index in [-0.39, 0.29) is 5.91 Å². The van der Waals surface area contributed by atoms with Crippen LogP contribution in [0.25, 0.3) is 0 Å². The van der Waals surface area contributed by atoms with Gasteiger partial charge in [0, 0.05) is 30.4 Å². The van der Waals surface area contributed by atoms with E-state index >= 15 is 0 Å². The third-order valence-electron chi connectivity index (χ3n) is 3.40. The van der Waals surface area contributed by atoms with Gasteiger partial charge in [-0.15, -0.1) is 0 Å². The summed E-state index contributed by atoms with van der Waals surface area (Å²) in [6.45, 7) is 2.73. The number of hydrogen-bond donors (Lipinski definition) is 2. The molecule has 0 atom stereocenters. The SMILES string of the molecule is CCc1ccc(NCCC(=O)Nc2cccc(OC)c2)cc1. The summed E-state index contributed by atoms with van der Waals surface area (Å²) in [6, 6.07) is 15.6. The molecule has 0 aromatic heterocycles. The minimum absolute atomic E-state index is 0.0223. The second kappa shape index (κ2) is 8.08. The molecule has 0 unspecified atom stereocenters. The molecule has 0 heterocycles. The number of benzene rings is 2. The van der Waals surface area contributed by atoms with Gasteiger partial charge in [-0.05, 0) is 36.2 Å². The Hall–Kier alpha value is -2.49. The maximum Gasteiger partial charge on any atom is 0.226 e. The highest BCUT2D eigenvalue weighted by atomic mass is 16.5. The van der Waals surface area contributed by atoms with Crippen LogP contribution in [0.15, 0.2) is 48.5 Å². The monoisotopic (exact) mass is 298 g/mol. The molecule has 2 aromatic carbocycles. The molecule has 22 heavy (non-hydrogen) atoms. The summed E-state index contributed by atoms with van der Waals surface area (Å²) in [5, 5.41) is 6.11. The largest absolute Gasteiger partial charge is 0.497 e. The van der Waals surface area contributed by atoms with E-state index in [0.29, 0.717) is 13.0 Å². The highest BCUT2D eigenvalue weighted by Crippen LogP contribution is 2.16. The van der Waals surface area contributed by atoms with Crippen molar-refractivity contribution in [2.75, 3.05) is 24.3 Å². The van der Waals surface area contributed by atoms with Crippen LogP contribution in [0.4, 0.5) is 11.4 Å². The van der Waals surface area contributed by atoms with Crippen molar-refractivity contribution in [2.24, 2.45) is 0 Å². The number of hydrogen-bond acceptors (Lipinski definition) is 3. The lowest BCUT2D eigenvalue weighted by Gasteiger charge is -2.09. The Morgan fingerprint density at radius 2 is 1.86 bits per heavy atom. The Bertz CT molecular complexity index is 609. The first-order valence-electron chi connectivity index (χ1n) is 7.48. The Morgan fingerprint density at radius 1 is 1.09 bits per heavy atom. The number of aryl methyl sites for hydroxylation is 1. The number of nitrogens with one attached hydrogen (secondary N) is 2. The smallest absolute Gasteiger partial charge is 0.226 e. The molecule has 2 aromatic rings. The summed E-state index contributed by atoms with van der Waals surface area (Å²) >= 11 is 0. The Balaban J connectivity index is 1.77. The number of carbonyl (C=O) groups is 1. The molecule has 0 saturated carbocycles. The second-order valence-electron chi connectivity index (χ2n) is 5.01. The van der Waals surface area contributed by atoms with Gasteiger partial charge in [0.15, 0.2) is 0 Å². The molecule has 4 nitrogen and oxygen atoms in total. The molecule has 0 bridgehead atoms. The first kappa shape index (κ1) is 15.9. The van der Waals surface area contributed by atoms with Gasteiger partial charge in [-0.25, -0.2) is 0 Å². The molecular weight excluding hydrogens is 276 g/mol. The zero-order valence-electron chi connectivity index (χ0n) is 13.1. The average molecular weight is 298 g/mol. The van der Waals surface area contributed by atoms with Crippen molar-refractivity contribution >= 4 is 17.3 Å². The van der Waals surface area contributed by atoms with Crippen LogP contribution in [0.3, 0.4) is 0 Å². The fraction of sp³-hybridized carbons (Fsp3) is 0.278. The summed E-state index contributed by atoms with van der Waals surface area (Å²) in [5.74, 6) is 0.706. The molecule has 0 aliphatic heterocycles. The van der Waals surface area contributed by atoms with Gasteiger partial charge >= 0.3 is 0 Å². The number of anilines is 2. The van der Waals surface area contributed by atoms with E-state index in [1.54, 1.807) is 13.2 Å². The average Bonchev–Trinajstić information content (AvgIpc) is 2.55. The van der Waals surface area contributed by atoms with Gasteiger partial charge in [-0.3, -0.25) is 4.79 Å². The van der Waals surface area contributed by atoms with E-state index in [1.807, 2.05) is 30.3 Å². The first-order chi connectivity index (χ1) is 10.7. The number of methoxy groups -OCH3 is 1. The van der Waals surface area contributed by atoms with Crippen molar-refractivity contribution in [3.05, 3.63) is 54.1 Å². The van der Waals surface area contributed by atoms with Gasteiger partial charge in [0.05, 0.1) is 7.11 Å². The van der Waals surface area contributed by atoms with E-state index in [4.69, 9.17) is 4.74 Å². The van der Waals surface area contributed by atoms with Crippen LogP contribution in [-0.2, 0) is 11.2 Å². The number of carbonyl (C=O) groups excluding carboxylic acids is 1. The van der Waals surface area contributed by atoms with Crippen molar-refractivity contribution in [1.82, 2.24) is 0 Å². The van der Waals surface area contributed by atoms with Crippen LogP contribution in [0.5, 0.6) is 5.75 Å². The molecule has 2 N–H and O–H groups in total. The standard InChI is InChI=1S/C18H22N2O2/c1-3-14-7-9-15(10-8-14)19-12-11-18(21)20-16-5-4-6-17(13-16)22-2/h4-10,13,19H,3,11-12H2,1-2H3,(H,20,21). The fourth-order valence-corrected chi connectivity index (χ4v) is 2.10. The number of ether oxygens (including phenoxy) is 1. The minimum Gasteiger partial charge on any atom is -0.497 e. The van der Waals surface area contributed by atoms with Crippen molar-refractivity contribution in [1.29, 1.82) is 0 Å². The third-order valence-corrected chi connectivity index (χ3v) is 3.40. The highest BCUT2D eigenvalue weighted by Gasteiger charge is 2.03. The maximum absolute atomic E-state index is 11.9. The van der Waals surface area contributed by atoms with Crippen molar-refractivity contribution in [3.8, 4) is 5.75 Å². The van der Waals surface area contributed by atoms with Crippen LogP contribution in [0.2, 0.25) is 0 Å². The lowest BCUT2D eigenvalue weighted by Crippen LogP contribution is -2.16. The van der Waals surface area contributed by atoms with E-state index in [2.05, 4.69) is 29.7 Å². The molecule has 0 saturated heterocycles. The zero-order chi connectivity index (χ0) is 15.8. The van der Waals surface area contributed by atoms with Gasteiger partial charge in [-0.1, -0.05) is 25.1 Å². The second-order valence-corrected chi connectivity index (χ2v) is 5.01. The quantitative estimate of drug-likeness (QED) is 0.819. The molecule has 0 aliphatic rings. The van der Waals surface area contributed by atoms with E-state index in [9.17, 15) is 4.79 Å². The molecular formula is C18H22N2O2. The van der Waals surface area contributed by atoms with Gasteiger partial charge in [0.1, 0.15) is 5.75 Å². The highest BCUT2D eigenvalue weighted by molar-refractivity contribution is 5.91. The topological polar surface area (TPSA) is 50.4 Å². The molecule has 0 radical (unpaired) electrons. The maximum atomic E-state index is 11.9.